The SMILES string of the molecule is C=CC1CC(C(=O)OCC)(C(=O)OCC)CC(=C)O1. The van der Waals surface area contributed by atoms with Gasteiger partial charge in [0.1, 0.15) is 6.10 Å². The van der Waals surface area contributed by atoms with Crippen molar-refractivity contribution in [2.75, 3.05) is 13.2 Å². The zero-order valence-corrected chi connectivity index (χ0v) is 11.4. The molecule has 0 bridgehead atoms. The predicted octanol–water partition coefficient (Wildman–Crippen LogP) is 1.98. The van der Waals surface area contributed by atoms with Gasteiger partial charge in [0.05, 0.1) is 19.0 Å². The second-order valence-electron chi connectivity index (χ2n) is 4.33. The average molecular weight is 268 g/mol. The molecule has 0 N–H and O–H groups in total. The van der Waals surface area contributed by atoms with Gasteiger partial charge in [0, 0.05) is 12.8 Å². The first-order valence-electron chi connectivity index (χ1n) is 6.31. The maximum absolute atomic E-state index is 12.2. The standard InChI is InChI=1S/C14H20O5/c1-5-11-9-14(8-10(4)19-11,12(15)17-6-2)13(16)18-7-3/h5,11H,1,4,6-9H2,2-3H3. The summed E-state index contributed by atoms with van der Waals surface area (Å²) in [4.78, 5) is 24.4. The van der Waals surface area contributed by atoms with Crippen molar-refractivity contribution in [3.8, 4) is 0 Å². The Balaban J connectivity index is 3.09. The zero-order valence-electron chi connectivity index (χ0n) is 11.4. The minimum atomic E-state index is -1.37. The van der Waals surface area contributed by atoms with E-state index in [4.69, 9.17) is 14.2 Å². The Labute approximate surface area is 113 Å². The molecule has 1 unspecified atom stereocenters. The smallest absolute Gasteiger partial charge is 0.324 e. The first-order chi connectivity index (χ1) is 9.00. The van der Waals surface area contributed by atoms with Crippen molar-refractivity contribution in [1.29, 1.82) is 0 Å². The summed E-state index contributed by atoms with van der Waals surface area (Å²) in [6.45, 7) is 11.1. The van der Waals surface area contributed by atoms with Gasteiger partial charge < -0.3 is 14.2 Å². The summed E-state index contributed by atoms with van der Waals surface area (Å²) >= 11 is 0. The van der Waals surface area contributed by atoms with E-state index in [0.717, 1.165) is 0 Å². The van der Waals surface area contributed by atoms with Crippen LogP contribution < -0.4 is 0 Å². The van der Waals surface area contributed by atoms with Crippen LogP contribution in [0.4, 0.5) is 0 Å². The fourth-order valence-electron chi connectivity index (χ4n) is 2.11. The summed E-state index contributed by atoms with van der Waals surface area (Å²) in [7, 11) is 0. The van der Waals surface area contributed by atoms with Crippen molar-refractivity contribution in [1.82, 2.24) is 0 Å². The highest BCUT2D eigenvalue weighted by Crippen LogP contribution is 2.40. The molecule has 0 aromatic carbocycles. The van der Waals surface area contributed by atoms with Gasteiger partial charge in [0.15, 0.2) is 5.41 Å². The number of hydrogen-bond donors (Lipinski definition) is 0. The van der Waals surface area contributed by atoms with Crippen LogP contribution in [0.2, 0.25) is 0 Å². The van der Waals surface area contributed by atoms with Crippen LogP contribution in [0.15, 0.2) is 25.0 Å². The third-order valence-electron chi connectivity index (χ3n) is 2.96. The van der Waals surface area contributed by atoms with E-state index in [1.165, 1.54) is 6.08 Å². The third kappa shape index (κ3) is 3.16. The minimum Gasteiger partial charge on any atom is -0.491 e. The molecule has 0 aromatic rings. The van der Waals surface area contributed by atoms with Crippen LogP contribution in [0, 0.1) is 5.41 Å². The van der Waals surface area contributed by atoms with Crippen LogP contribution in [0.25, 0.3) is 0 Å². The molecule has 1 atom stereocenters. The molecule has 0 aromatic heterocycles. The zero-order chi connectivity index (χ0) is 14.5. The Morgan fingerprint density at radius 1 is 1.37 bits per heavy atom. The fourth-order valence-corrected chi connectivity index (χ4v) is 2.11. The molecule has 1 fully saturated rings. The summed E-state index contributed by atoms with van der Waals surface area (Å²) in [6.07, 6.45) is 1.33. The molecule has 0 radical (unpaired) electrons. The van der Waals surface area contributed by atoms with Crippen molar-refractivity contribution in [3.63, 3.8) is 0 Å². The van der Waals surface area contributed by atoms with Crippen molar-refractivity contribution >= 4 is 11.9 Å². The lowest BCUT2D eigenvalue weighted by molar-refractivity contribution is -0.178. The topological polar surface area (TPSA) is 61.8 Å². The van der Waals surface area contributed by atoms with Crippen LogP contribution in [0.1, 0.15) is 26.7 Å². The van der Waals surface area contributed by atoms with Gasteiger partial charge >= 0.3 is 11.9 Å². The molecule has 1 heterocycles. The number of ether oxygens (including phenoxy) is 3. The van der Waals surface area contributed by atoms with E-state index in [1.807, 2.05) is 0 Å². The fraction of sp³-hybridized carbons (Fsp3) is 0.571. The molecule has 0 saturated carbocycles. The van der Waals surface area contributed by atoms with Crippen LogP contribution in [-0.4, -0.2) is 31.3 Å². The molecule has 1 aliphatic rings. The first-order valence-corrected chi connectivity index (χ1v) is 6.31. The Kier molecular flexibility index (Phi) is 5.15. The summed E-state index contributed by atoms with van der Waals surface area (Å²) in [5.41, 5.74) is -1.37. The van der Waals surface area contributed by atoms with Crippen molar-refractivity contribution in [2.24, 2.45) is 5.41 Å². The van der Waals surface area contributed by atoms with Gasteiger partial charge in [0.25, 0.3) is 0 Å². The van der Waals surface area contributed by atoms with E-state index in [-0.39, 0.29) is 26.1 Å². The van der Waals surface area contributed by atoms with E-state index < -0.39 is 23.5 Å². The molecule has 5 heteroatoms. The predicted molar refractivity (Wildman–Crippen MR) is 69.1 cm³/mol. The molecule has 1 saturated heterocycles. The van der Waals surface area contributed by atoms with Crippen LogP contribution in [0.5, 0.6) is 0 Å². The monoisotopic (exact) mass is 268 g/mol. The Morgan fingerprint density at radius 3 is 2.32 bits per heavy atom. The van der Waals surface area contributed by atoms with Gasteiger partial charge in [-0.15, -0.1) is 0 Å². The lowest BCUT2D eigenvalue weighted by Gasteiger charge is -2.36. The van der Waals surface area contributed by atoms with E-state index in [1.54, 1.807) is 13.8 Å². The molecule has 1 aliphatic heterocycles. The summed E-state index contributed by atoms with van der Waals surface area (Å²) in [5, 5.41) is 0. The Morgan fingerprint density at radius 2 is 1.89 bits per heavy atom. The molecule has 5 nitrogen and oxygen atoms in total. The molecular formula is C14H20O5. The number of hydrogen-bond acceptors (Lipinski definition) is 5. The lowest BCUT2D eigenvalue weighted by Crippen LogP contribution is -2.47. The maximum atomic E-state index is 12.2. The number of carbonyl (C=O) groups excluding carboxylic acids is 2. The number of rotatable bonds is 5. The maximum Gasteiger partial charge on any atom is 0.324 e. The number of esters is 2. The molecule has 0 spiro atoms. The summed E-state index contributed by atoms with van der Waals surface area (Å²) < 4.78 is 15.5. The highest BCUT2D eigenvalue weighted by Gasteiger charge is 2.53. The van der Waals surface area contributed by atoms with E-state index >= 15 is 0 Å². The number of allylic oxidation sites excluding steroid dienone is 1. The average Bonchev–Trinajstić information content (AvgIpc) is 2.38. The Bertz CT molecular complexity index is 367. The van der Waals surface area contributed by atoms with Crippen molar-refractivity contribution in [3.05, 3.63) is 25.0 Å². The normalized spacial score (nSPS) is 21.2. The second kappa shape index (κ2) is 6.41. The minimum absolute atomic E-state index is 0.0784. The van der Waals surface area contributed by atoms with Crippen molar-refractivity contribution < 1.29 is 23.8 Å². The second-order valence-corrected chi connectivity index (χ2v) is 4.33. The first kappa shape index (κ1) is 15.3. The van der Waals surface area contributed by atoms with Gasteiger partial charge in [0.2, 0.25) is 0 Å². The molecule has 106 valence electrons. The molecule has 0 aliphatic carbocycles. The van der Waals surface area contributed by atoms with Crippen LogP contribution in [0.3, 0.4) is 0 Å². The van der Waals surface area contributed by atoms with Gasteiger partial charge in [-0.05, 0) is 13.8 Å². The van der Waals surface area contributed by atoms with Gasteiger partial charge in [-0.3, -0.25) is 9.59 Å². The van der Waals surface area contributed by atoms with E-state index in [0.29, 0.717) is 5.76 Å². The quantitative estimate of drug-likeness (QED) is 0.433. The molecular weight excluding hydrogens is 248 g/mol. The Hall–Kier alpha value is -1.78. The number of carbonyl (C=O) groups is 2. The molecule has 1 rings (SSSR count). The van der Waals surface area contributed by atoms with Gasteiger partial charge in [-0.25, -0.2) is 0 Å². The lowest BCUT2D eigenvalue weighted by atomic mass is 9.76. The van der Waals surface area contributed by atoms with E-state index in [2.05, 4.69) is 13.2 Å². The van der Waals surface area contributed by atoms with Crippen molar-refractivity contribution in [2.45, 2.75) is 32.8 Å². The largest absolute Gasteiger partial charge is 0.491 e. The van der Waals surface area contributed by atoms with Gasteiger partial charge in [-0.2, -0.15) is 0 Å². The molecule has 19 heavy (non-hydrogen) atoms. The van der Waals surface area contributed by atoms with Crippen LogP contribution >= 0.6 is 0 Å². The summed E-state index contributed by atoms with van der Waals surface area (Å²) in [5.74, 6) is -0.827. The highest BCUT2D eigenvalue weighted by molar-refractivity contribution is 6.00. The summed E-state index contributed by atoms with van der Waals surface area (Å²) in [6, 6.07) is 0. The molecule has 0 amide bonds. The van der Waals surface area contributed by atoms with E-state index in [9.17, 15) is 9.59 Å². The van der Waals surface area contributed by atoms with Gasteiger partial charge in [-0.1, -0.05) is 19.2 Å². The third-order valence-corrected chi connectivity index (χ3v) is 2.96. The van der Waals surface area contributed by atoms with Crippen LogP contribution in [-0.2, 0) is 23.8 Å². The highest BCUT2D eigenvalue weighted by atomic mass is 16.6.